The summed E-state index contributed by atoms with van der Waals surface area (Å²) in [5.41, 5.74) is 1.08. The van der Waals surface area contributed by atoms with Crippen LogP contribution in [0, 0.1) is 0 Å². The van der Waals surface area contributed by atoms with Gasteiger partial charge in [0.1, 0.15) is 0 Å². The van der Waals surface area contributed by atoms with Crippen molar-refractivity contribution in [1.82, 2.24) is 10.6 Å². The Hall–Kier alpha value is -1.09. The fourth-order valence-electron chi connectivity index (χ4n) is 1.27. The molecule has 1 aromatic rings. The second-order valence-electron chi connectivity index (χ2n) is 3.70. The molecule has 1 aromatic carbocycles. The van der Waals surface area contributed by atoms with Gasteiger partial charge < -0.3 is 10.6 Å². The molecule has 0 heterocycles. The van der Waals surface area contributed by atoms with Crippen LogP contribution in [0.4, 0.5) is 0 Å². The first kappa shape index (κ1) is 11.0. The van der Waals surface area contributed by atoms with Gasteiger partial charge in [0.05, 0.1) is 5.54 Å². The molecule has 0 amide bonds. The molecular formula is C11H16N2S. The van der Waals surface area contributed by atoms with Gasteiger partial charge in [0, 0.05) is 7.05 Å². The Bertz CT molecular complexity index is 306. The van der Waals surface area contributed by atoms with Gasteiger partial charge in [0.25, 0.3) is 0 Å². The molecule has 0 aliphatic carbocycles. The topological polar surface area (TPSA) is 24.1 Å². The highest BCUT2D eigenvalue weighted by molar-refractivity contribution is 7.80. The summed E-state index contributed by atoms with van der Waals surface area (Å²) in [7, 11) is 1.82. The SMILES string of the molecule is CNC(=S)NC(C)(C)c1ccccc1. The lowest BCUT2D eigenvalue weighted by atomic mass is 9.95. The molecule has 0 saturated heterocycles. The number of hydrogen-bond acceptors (Lipinski definition) is 1. The molecule has 0 radical (unpaired) electrons. The number of nitrogens with one attached hydrogen (secondary N) is 2. The van der Waals surface area contributed by atoms with Gasteiger partial charge >= 0.3 is 0 Å². The summed E-state index contributed by atoms with van der Waals surface area (Å²) in [6.45, 7) is 4.21. The first-order valence-electron chi connectivity index (χ1n) is 4.61. The van der Waals surface area contributed by atoms with Crippen molar-refractivity contribution in [3.8, 4) is 0 Å². The van der Waals surface area contributed by atoms with Crippen molar-refractivity contribution in [3.05, 3.63) is 35.9 Å². The van der Waals surface area contributed by atoms with Crippen LogP contribution in [0.3, 0.4) is 0 Å². The highest BCUT2D eigenvalue weighted by atomic mass is 32.1. The maximum atomic E-state index is 5.08. The quantitative estimate of drug-likeness (QED) is 0.727. The molecule has 76 valence electrons. The minimum Gasteiger partial charge on any atom is -0.366 e. The van der Waals surface area contributed by atoms with Crippen molar-refractivity contribution in [2.75, 3.05) is 7.05 Å². The van der Waals surface area contributed by atoms with E-state index < -0.39 is 0 Å². The highest BCUT2D eigenvalue weighted by Crippen LogP contribution is 2.18. The van der Waals surface area contributed by atoms with Gasteiger partial charge in [-0.2, -0.15) is 0 Å². The Morgan fingerprint density at radius 3 is 2.29 bits per heavy atom. The standard InChI is InChI=1S/C11H16N2S/c1-11(2,13-10(14)12-3)9-7-5-4-6-8-9/h4-8H,1-3H3,(H2,12,13,14). The van der Waals surface area contributed by atoms with E-state index in [0.717, 1.165) is 0 Å². The van der Waals surface area contributed by atoms with E-state index in [4.69, 9.17) is 12.2 Å². The van der Waals surface area contributed by atoms with E-state index in [1.54, 1.807) is 0 Å². The zero-order valence-corrected chi connectivity index (χ0v) is 9.61. The van der Waals surface area contributed by atoms with Gasteiger partial charge in [-0.3, -0.25) is 0 Å². The molecule has 14 heavy (non-hydrogen) atoms. The van der Waals surface area contributed by atoms with Gasteiger partial charge in [0.15, 0.2) is 5.11 Å². The van der Waals surface area contributed by atoms with E-state index in [0.29, 0.717) is 5.11 Å². The molecule has 0 aliphatic heterocycles. The molecule has 3 heteroatoms. The summed E-state index contributed by atoms with van der Waals surface area (Å²) in [5.74, 6) is 0. The second-order valence-corrected chi connectivity index (χ2v) is 4.10. The van der Waals surface area contributed by atoms with Crippen LogP contribution in [0.5, 0.6) is 0 Å². The molecule has 2 nitrogen and oxygen atoms in total. The Labute approximate surface area is 90.7 Å². The number of thiocarbonyl (C=S) groups is 1. The number of hydrogen-bond donors (Lipinski definition) is 2. The maximum absolute atomic E-state index is 5.08. The highest BCUT2D eigenvalue weighted by Gasteiger charge is 2.19. The summed E-state index contributed by atoms with van der Waals surface area (Å²) >= 11 is 5.08. The van der Waals surface area contributed by atoms with Crippen molar-refractivity contribution >= 4 is 17.3 Å². The maximum Gasteiger partial charge on any atom is 0.166 e. The van der Waals surface area contributed by atoms with Gasteiger partial charge in [-0.25, -0.2) is 0 Å². The number of benzene rings is 1. The first-order chi connectivity index (χ1) is 6.56. The average molecular weight is 208 g/mol. The van der Waals surface area contributed by atoms with Crippen LogP contribution in [0.15, 0.2) is 30.3 Å². The molecule has 0 aliphatic rings. The Morgan fingerprint density at radius 1 is 1.21 bits per heavy atom. The third-order valence-electron chi connectivity index (χ3n) is 2.15. The minimum atomic E-state index is -0.138. The molecule has 0 saturated carbocycles. The lowest BCUT2D eigenvalue weighted by molar-refractivity contribution is 0.484. The molecule has 1 rings (SSSR count). The van der Waals surface area contributed by atoms with Crippen LogP contribution in [0.1, 0.15) is 19.4 Å². The largest absolute Gasteiger partial charge is 0.366 e. The monoisotopic (exact) mass is 208 g/mol. The molecule has 0 fully saturated rings. The smallest absolute Gasteiger partial charge is 0.166 e. The van der Waals surface area contributed by atoms with Crippen molar-refractivity contribution in [1.29, 1.82) is 0 Å². The summed E-state index contributed by atoms with van der Waals surface area (Å²) in [6, 6.07) is 10.2. The van der Waals surface area contributed by atoms with E-state index in [-0.39, 0.29) is 5.54 Å². The molecule has 0 aromatic heterocycles. The Kier molecular flexibility index (Phi) is 3.47. The molecule has 0 bridgehead atoms. The van der Waals surface area contributed by atoms with E-state index in [1.165, 1.54) is 5.56 Å². The van der Waals surface area contributed by atoms with Crippen molar-refractivity contribution in [2.24, 2.45) is 0 Å². The molecular weight excluding hydrogens is 192 g/mol. The Morgan fingerprint density at radius 2 is 1.79 bits per heavy atom. The van der Waals surface area contributed by atoms with E-state index >= 15 is 0 Å². The predicted octanol–water partition coefficient (Wildman–Crippen LogP) is 2.02. The van der Waals surface area contributed by atoms with Crippen LogP contribution in [0.25, 0.3) is 0 Å². The van der Waals surface area contributed by atoms with Crippen LogP contribution < -0.4 is 10.6 Å². The van der Waals surface area contributed by atoms with Crippen molar-refractivity contribution in [2.45, 2.75) is 19.4 Å². The van der Waals surface area contributed by atoms with Gasteiger partial charge in [-0.1, -0.05) is 30.3 Å². The zero-order chi connectivity index (χ0) is 10.6. The molecule has 0 atom stereocenters. The van der Waals surface area contributed by atoms with Crippen LogP contribution in [0.2, 0.25) is 0 Å². The van der Waals surface area contributed by atoms with Gasteiger partial charge in [-0.15, -0.1) is 0 Å². The fraction of sp³-hybridized carbons (Fsp3) is 0.364. The van der Waals surface area contributed by atoms with E-state index in [2.05, 4.69) is 36.6 Å². The lowest BCUT2D eigenvalue weighted by Crippen LogP contribution is -2.45. The first-order valence-corrected chi connectivity index (χ1v) is 5.02. The Balaban J connectivity index is 2.80. The zero-order valence-electron chi connectivity index (χ0n) is 8.79. The van der Waals surface area contributed by atoms with Crippen LogP contribution >= 0.6 is 12.2 Å². The summed E-state index contributed by atoms with van der Waals surface area (Å²) in [4.78, 5) is 0. The summed E-state index contributed by atoms with van der Waals surface area (Å²) in [5, 5.41) is 6.82. The normalized spacial score (nSPS) is 10.8. The van der Waals surface area contributed by atoms with E-state index in [9.17, 15) is 0 Å². The molecule has 0 unspecified atom stereocenters. The van der Waals surface area contributed by atoms with Gasteiger partial charge in [-0.05, 0) is 31.6 Å². The van der Waals surface area contributed by atoms with Crippen molar-refractivity contribution < 1.29 is 0 Å². The lowest BCUT2D eigenvalue weighted by Gasteiger charge is -2.28. The fourth-order valence-corrected chi connectivity index (χ4v) is 1.53. The predicted molar refractivity (Wildman–Crippen MR) is 64.3 cm³/mol. The van der Waals surface area contributed by atoms with E-state index in [1.807, 2.05) is 25.2 Å². The number of rotatable bonds is 2. The summed E-state index contributed by atoms with van der Waals surface area (Å²) < 4.78 is 0. The van der Waals surface area contributed by atoms with Crippen LogP contribution in [-0.4, -0.2) is 12.2 Å². The van der Waals surface area contributed by atoms with Crippen molar-refractivity contribution in [3.63, 3.8) is 0 Å². The minimum absolute atomic E-state index is 0.138. The molecule has 0 spiro atoms. The summed E-state index contributed by atoms with van der Waals surface area (Å²) in [6.07, 6.45) is 0. The average Bonchev–Trinajstić information content (AvgIpc) is 2.18. The third kappa shape index (κ3) is 2.70. The third-order valence-corrected chi connectivity index (χ3v) is 2.45. The van der Waals surface area contributed by atoms with Crippen LogP contribution in [-0.2, 0) is 5.54 Å². The second kappa shape index (κ2) is 4.42. The molecule has 2 N–H and O–H groups in total. The van der Waals surface area contributed by atoms with Gasteiger partial charge in [0.2, 0.25) is 0 Å².